The molecule has 4 rings (SSSR count). The van der Waals surface area contributed by atoms with Crippen LogP contribution in [0.2, 0.25) is 0 Å². The number of nitrogens with zero attached hydrogens (tertiary/aromatic N) is 4. The number of amides is 1. The first-order valence-corrected chi connectivity index (χ1v) is 10.4. The van der Waals surface area contributed by atoms with Gasteiger partial charge in [0.05, 0.1) is 6.04 Å². The van der Waals surface area contributed by atoms with Crippen LogP contribution >= 0.6 is 12.4 Å². The number of pyridine rings is 1. The summed E-state index contributed by atoms with van der Waals surface area (Å²) < 4.78 is 1.94. The molecule has 0 bridgehead atoms. The molecule has 0 spiro atoms. The van der Waals surface area contributed by atoms with Gasteiger partial charge in [-0.25, -0.2) is 0 Å². The number of hydrogen-bond acceptors (Lipinski definition) is 5. The second-order valence-electron chi connectivity index (χ2n) is 7.92. The fourth-order valence-electron chi connectivity index (χ4n) is 4.26. The van der Waals surface area contributed by atoms with Crippen LogP contribution in [0.15, 0.2) is 36.8 Å². The van der Waals surface area contributed by atoms with Crippen LogP contribution in [0.25, 0.3) is 0 Å². The van der Waals surface area contributed by atoms with Gasteiger partial charge in [0.15, 0.2) is 0 Å². The number of halogens is 1. The van der Waals surface area contributed by atoms with Gasteiger partial charge in [-0.1, -0.05) is 0 Å². The Morgan fingerprint density at radius 2 is 1.97 bits per heavy atom. The second-order valence-corrected chi connectivity index (χ2v) is 7.92. The fraction of sp³-hybridized carbons (Fsp3) is 0.571. The Balaban J connectivity index is 0.00000240. The Morgan fingerprint density at radius 1 is 1.21 bits per heavy atom. The van der Waals surface area contributed by atoms with E-state index in [1.807, 2.05) is 29.3 Å². The van der Waals surface area contributed by atoms with E-state index in [4.69, 9.17) is 0 Å². The number of piperidine rings is 2. The van der Waals surface area contributed by atoms with Gasteiger partial charge in [0.2, 0.25) is 0 Å². The van der Waals surface area contributed by atoms with E-state index in [0.717, 1.165) is 51.9 Å². The van der Waals surface area contributed by atoms with Crippen LogP contribution in [0, 0.1) is 0 Å². The third-order valence-electron chi connectivity index (χ3n) is 6.09. The standard InChI is InChI=1S/C21H30N6O.ClH/c1-16(17-4-10-22-11-5-17)26-12-6-18(7-13-26)24-21(28)20-8-14-27(25-20)19-3-2-9-23-15-19;/h4-5,8,10-11,14,16,18-19,23H,2-3,6-7,9,12-13,15H2,1H3,(H,24,28);1H. The summed E-state index contributed by atoms with van der Waals surface area (Å²) in [7, 11) is 0. The molecule has 2 N–H and O–H groups in total. The molecule has 2 fully saturated rings. The van der Waals surface area contributed by atoms with E-state index in [9.17, 15) is 4.79 Å². The first-order valence-electron chi connectivity index (χ1n) is 10.4. The molecule has 1 amide bonds. The zero-order chi connectivity index (χ0) is 19.3. The van der Waals surface area contributed by atoms with Gasteiger partial charge in [-0.05, 0) is 62.9 Å². The number of likely N-dealkylation sites (tertiary alicyclic amines) is 1. The van der Waals surface area contributed by atoms with Crippen molar-refractivity contribution in [3.8, 4) is 0 Å². The number of hydrogen-bond donors (Lipinski definition) is 2. The van der Waals surface area contributed by atoms with Gasteiger partial charge in [-0.2, -0.15) is 5.10 Å². The van der Waals surface area contributed by atoms with Gasteiger partial charge < -0.3 is 10.6 Å². The van der Waals surface area contributed by atoms with Gasteiger partial charge in [0.1, 0.15) is 5.69 Å². The molecule has 0 radical (unpaired) electrons. The molecule has 2 saturated heterocycles. The van der Waals surface area contributed by atoms with Crippen molar-refractivity contribution in [1.29, 1.82) is 0 Å². The molecule has 2 aliphatic heterocycles. The largest absolute Gasteiger partial charge is 0.348 e. The van der Waals surface area contributed by atoms with E-state index in [1.54, 1.807) is 0 Å². The molecule has 29 heavy (non-hydrogen) atoms. The molecule has 2 aromatic heterocycles. The average molecular weight is 419 g/mol. The van der Waals surface area contributed by atoms with Crippen LogP contribution in [-0.2, 0) is 0 Å². The summed E-state index contributed by atoms with van der Waals surface area (Å²) in [5.41, 5.74) is 1.82. The maximum atomic E-state index is 12.6. The van der Waals surface area contributed by atoms with Crippen LogP contribution < -0.4 is 10.6 Å². The molecular weight excluding hydrogens is 388 g/mol. The van der Waals surface area contributed by atoms with E-state index in [0.29, 0.717) is 17.8 Å². The summed E-state index contributed by atoms with van der Waals surface area (Å²) in [6, 6.07) is 6.94. The van der Waals surface area contributed by atoms with Crippen molar-refractivity contribution >= 4 is 18.3 Å². The van der Waals surface area contributed by atoms with Crippen LogP contribution in [0.4, 0.5) is 0 Å². The van der Waals surface area contributed by atoms with Crippen LogP contribution in [0.5, 0.6) is 0 Å². The lowest BCUT2D eigenvalue weighted by atomic mass is 10.0. The van der Waals surface area contributed by atoms with Gasteiger partial charge in [-0.15, -0.1) is 12.4 Å². The molecule has 2 aromatic rings. The van der Waals surface area contributed by atoms with Gasteiger partial charge in [-0.3, -0.25) is 19.4 Å². The lowest BCUT2D eigenvalue weighted by Crippen LogP contribution is -2.45. The maximum Gasteiger partial charge on any atom is 0.271 e. The summed E-state index contributed by atoms with van der Waals surface area (Å²) in [6.45, 7) is 6.20. The number of aromatic nitrogens is 3. The van der Waals surface area contributed by atoms with Crippen molar-refractivity contribution in [1.82, 2.24) is 30.3 Å². The minimum atomic E-state index is -0.0526. The van der Waals surface area contributed by atoms with Crippen LogP contribution in [-0.4, -0.2) is 57.8 Å². The SMILES string of the molecule is CC(c1ccncc1)N1CCC(NC(=O)c2ccn(C3CCCNC3)n2)CC1.Cl. The minimum absolute atomic E-state index is 0. The Kier molecular flexibility index (Phi) is 7.64. The van der Waals surface area contributed by atoms with E-state index in [1.165, 1.54) is 5.56 Å². The topological polar surface area (TPSA) is 75.1 Å². The van der Waals surface area contributed by atoms with Crippen molar-refractivity contribution in [3.63, 3.8) is 0 Å². The number of carbonyl (C=O) groups is 1. The Morgan fingerprint density at radius 3 is 2.66 bits per heavy atom. The highest BCUT2D eigenvalue weighted by atomic mass is 35.5. The predicted octanol–water partition coefficient (Wildman–Crippen LogP) is 2.58. The normalized spacial score (nSPS) is 21.9. The van der Waals surface area contributed by atoms with E-state index in [2.05, 4.69) is 44.7 Å². The smallest absolute Gasteiger partial charge is 0.271 e. The van der Waals surface area contributed by atoms with Crippen molar-refractivity contribution in [3.05, 3.63) is 48.0 Å². The molecule has 2 atom stereocenters. The van der Waals surface area contributed by atoms with Crippen LogP contribution in [0.1, 0.15) is 60.7 Å². The Hall–Kier alpha value is -1.96. The quantitative estimate of drug-likeness (QED) is 0.780. The van der Waals surface area contributed by atoms with E-state index >= 15 is 0 Å². The lowest BCUT2D eigenvalue weighted by Gasteiger charge is -2.36. The molecule has 2 aliphatic rings. The Labute approximate surface area is 178 Å². The molecular formula is C21H31ClN6O. The van der Waals surface area contributed by atoms with Crippen molar-refractivity contribution in [2.45, 2.75) is 50.7 Å². The summed E-state index contributed by atoms with van der Waals surface area (Å²) in [6.07, 6.45) is 9.84. The summed E-state index contributed by atoms with van der Waals surface area (Å²) in [4.78, 5) is 19.2. The van der Waals surface area contributed by atoms with E-state index < -0.39 is 0 Å². The van der Waals surface area contributed by atoms with E-state index in [-0.39, 0.29) is 24.4 Å². The van der Waals surface area contributed by atoms with Crippen molar-refractivity contribution < 1.29 is 4.79 Å². The Bertz CT molecular complexity index is 768. The molecule has 2 unspecified atom stereocenters. The highest BCUT2D eigenvalue weighted by Crippen LogP contribution is 2.24. The highest BCUT2D eigenvalue weighted by molar-refractivity contribution is 5.92. The monoisotopic (exact) mass is 418 g/mol. The summed E-state index contributed by atoms with van der Waals surface area (Å²) in [5.74, 6) is -0.0526. The molecule has 0 aromatic carbocycles. The molecule has 158 valence electrons. The van der Waals surface area contributed by atoms with Crippen molar-refractivity contribution in [2.24, 2.45) is 0 Å². The van der Waals surface area contributed by atoms with Crippen molar-refractivity contribution in [2.75, 3.05) is 26.2 Å². The molecule has 8 heteroatoms. The molecule has 7 nitrogen and oxygen atoms in total. The average Bonchev–Trinajstić information content (AvgIpc) is 3.26. The lowest BCUT2D eigenvalue weighted by molar-refractivity contribution is 0.0889. The van der Waals surface area contributed by atoms with Gasteiger partial charge in [0, 0.05) is 50.3 Å². The number of nitrogens with one attached hydrogen (secondary N) is 2. The number of rotatable bonds is 5. The first kappa shape index (κ1) is 21.7. The summed E-state index contributed by atoms with van der Waals surface area (Å²) in [5, 5.41) is 11.1. The second kappa shape index (κ2) is 10.2. The zero-order valence-corrected chi connectivity index (χ0v) is 17.8. The predicted molar refractivity (Wildman–Crippen MR) is 115 cm³/mol. The minimum Gasteiger partial charge on any atom is -0.348 e. The third kappa shape index (κ3) is 5.35. The van der Waals surface area contributed by atoms with Gasteiger partial charge >= 0.3 is 0 Å². The fourth-order valence-corrected chi connectivity index (χ4v) is 4.26. The molecule has 0 aliphatic carbocycles. The van der Waals surface area contributed by atoms with Gasteiger partial charge in [0.25, 0.3) is 5.91 Å². The maximum absolute atomic E-state index is 12.6. The molecule has 0 saturated carbocycles. The molecule has 4 heterocycles. The third-order valence-corrected chi connectivity index (χ3v) is 6.09. The highest BCUT2D eigenvalue weighted by Gasteiger charge is 2.25. The number of carbonyl (C=O) groups excluding carboxylic acids is 1. The van der Waals surface area contributed by atoms with Crippen LogP contribution in [0.3, 0.4) is 0 Å². The zero-order valence-electron chi connectivity index (χ0n) is 17.0. The summed E-state index contributed by atoms with van der Waals surface area (Å²) >= 11 is 0. The first-order chi connectivity index (χ1) is 13.7.